The summed E-state index contributed by atoms with van der Waals surface area (Å²) < 4.78 is 31.6. The van der Waals surface area contributed by atoms with Crippen LogP contribution in [0.5, 0.6) is 5.75 Å². The summed E-state index contributed by atoms with van der Waals surface area (Å²) >= 11 is 0. The number of nitrogens with zero attached hydrogens (tertiary/aromatic N) is 1. The Balaban J connectivity index is 1.68. The molecule has 0 bridgehead atoms. The number of aryl methyl sites for hydroxylation is 2. The molecule has 0 spiro atoms. The number of phenolic OH excluding ortho intramolecular Hbond substituents is 1. The Bertz CT molecular complexity index is 1210. The van der Waals surface area contributed by atoms with Crippen molar-refractivity contribution in [3.8, 4) is 5.75 Å². The molecule has 0 unspecified atom stereocenters. The van der Waals surface area contributed by atoms with Crippen molar-refractivity contribution in [1.82, 2.24) is 4.98 Å². The predicted molar refractivity (Wildman–Crippen MR) is 136 cm³/mol. The zero-order chi connectivity index (χ0) is 24.6. The molecule has 0 aliphatic carbocycles. The van der Waals surface area contributed by atoms with Gasteiger partial charge in [-0.15, -0.1) is 0 Å². The number of aromatic nitrogens is 1. The van der Waals surface area contributed by atoms with Crippen molar-refractivity contribution in [2.24, 2.45) is 5.92 Å². The van der Waals surface area contributed by atoms with Crippen LogP contribution >= 0.6 is 0 Å². The SMILES string of the molecule is Cc1cc(/C=C(/CC[C@H]2OB(O)C[C@H]3C2=C(C(C)C)CS3(=O)=O)c2ccccn2)cc(C)c1O. The van der Waals surface area contributed by atoms with Crippen LogP contribution in [0.25, 0.3) is 11.6 Å². The number of benzene rings is 1. The maximum Gasteiger partial charge on any atom is 0.456 e. The number of phenols is 1. The van der Waals surface area contributed by atoms with Crippen LogP contribution in [0, 0.1) is 19.8 Å². The minimum absolute atomic E-state index is 0.0479. The largest absolute Gasteiger partial charge is 0.507 e. The molecule has 2 aliphatic rings. The lowest BCUT2D eigenvalue weighted by Gasteiger charge is -2.32. The molecular weight excluding hydrogens is 449 g/mol. The fraction of sp³-hybridized carbons (Fsp3) is 0.423. The molecule has 6 nitrogen and oxygen atoms in total. The second-order valence-electron chi connectivity index (χ2n) is 9.67. The van der Waals surface area contributed by atoms with E-state index in [0.717, 1.165) is 39.1 Å². The fourth-order valence-corrected chi connectivity index (χ4v) is 7.38. The van der Waals surface area contributed by atoms with Gasteiger partial charge in [-0.2, -0.15) is 0 Å². The van der Waals surface area contributed by atoms with Gasteiger partial charge in [0.15, 0.2) is 9.84 Å². The van der Waals surface area contributed by atoms with Gasteiger partial charge < -0.3 is 14.8 Å². The number of rotatable bonds is 6. The van der Waals surface area contributed by atoms with Gasteiger partial charge in [0.05, 0.1) is 22.8 Å². The summed E-state index contributed by atoms with van der Waals surface area (Å²) in [6.45, 7) is 7.77. The summed E-state index contributed by atoms with van der Waals surface area (Å²) in [7, 11) is -4.42. The van der Waals surface area contributed by atoms with Crippen LogP contribution in [0.15, 0.2) is 47.7 Å². The predicted octanol–water partition coefficient (Wildman–Crippen LogP) is 4.35. The summed E-state index contributed by atoms with van der Waals surface area (Å²) in [5.74, 6) is 0.444. The quantitative estimate of drug-likeness (QED) is 0.470. The number of fused-ring (bicyclic) bond motifs is 1. The van der Waals surface area contributed by atoms with Crippen LogP contribution in [0.1, 0.15) is 49.1 Å². The molecule has 1 fully saturated rings. The molecule has 3 heterocycles. The molecule has 2 aromatic rings. The van der Waals surface area contributed by atoms with Gasteiger partial charge in [0.2, 0.25) is 0 Å². The van der Waals surface area contributed by atoms with Gasteiger partial charge in [0.25, 0.3) is 0 Å². The van der Waals surface area contributed by atoms with E-state index in [1.54, 1.807) is 6.20 Å². The summed E-state index contributed by atoms with van der Waals surface area (Å²) in [4.78, 5) is 4.53. The summed E-state index contributed by atoms with van der Waals surface area (Å²) in [6, 6.07) is 9.62. The van der Waals surface area contributed by atoms with Crippen molar-refractivity contribution < 1.29 is 23.2 Å². The number of sulfone groups is 1. The topological polar surface area (TPSA) is 96.7 Å². The minimum Gasteiger partial charge on any atom is -0.507 e. The zero-order valence-corrected chi connectivity index (χ0v) is 21.0. The Morgan fingerprint density at radius 2 is 1.97 bits per heavy atom. The van der Waals surface area contributed by atoms with E-state index in [4.69, 9.17) is 4.65 Å². The fourth-order valence-electron chi connectivity index (χ4n) is 5.10. The lowest BCUT2D eigenvalue weighted by atomic mass is 9.73. The monoisotopic (exact) mass is 481 g/mol. The molecule has 0 amide bonds. The van der Waals surface area contributed by atoms with Gasteiger partial charge >= 0.3 is 7.12 Å². The molecule has 0 radical (unpaired) electrons. The molecule has 180 valence electrons. The van der Waals surface area contributed by atoms with Crippen LogP contribution < -0.4 is 0 Å². The zero-order valence-electron chi connectivity index (χ0n) is 20.2. The van der Waals surface area contributed by atoms with Crippen LogP contribution in [0.3, 0.4) is 0 Å². The summed E-state index contributed by atoms with van der Waals surface area (Å²) in [5, 5.41) is 19.8. The first-order valence-electron chi connectivity index (χ1n) is 11.8. The van der Waals surface area contributed by atoms with Gasteiger partial charge in [-0.05, 0) is 96.4 Å². The van der Waals surface area contributed by atoms with Gasteiger partial charge in [0, 0.05) is 12.5 Å². The minimum atomic E-state index is -3.32. The van der Waals surface area contributed by atoms with E-state index in [-0.39, 0.29) is 18.0 Å². The summed E-state index contributed by atoms with van der Waals surface area (Å²) in [6.07, 6.45) is 4.57. The normalized spacial score (nSPS) is 22.4. The number of hydrogen-bond acceptors (Lipinski definition) is 6. The Hall–Kier alpha value is -2.42. The lowest BCUT2D eigenvalue weighted by molar-refractivity contribution is 0.170. The molecule has 4 rings (SSSR count). The maximum absolute atomic E-state index is 12.8. The number of aromatic hydroxyl groups is 1. The van der Waals surface area contributed by atoms with Crippen LogP contribution in [0.2, 0.25) is 6.32 Å². The molecule has 2 aliphatic heterocycles. The van der Waals surface area contributed by atoms with Crippen molar-refractivity contribution in [2.45, 2.75) is 58.2 Å². The van der Waals surface area contributed by atoms with E-state index in [0.29, 0.717) is 18.6 Å². The second-order valence-corrected chi connectivity index (χ2v) is 11.9. The standard InChI is InChI=1S/C26H32BNO5S/c1-16(2)21-15-34(31,32)24-14-27(30)33-23(25(21)24)9-8-20(22-7-5-6-10-28-22)13-19-11-17(3)26(29)18(4)12-19/h5-7,10-13,16,23-24,29-30H,8-9,14-15H2,1-4H3/b20-13-/t23-,24+/m1/s1. The van der Waals surface area contributed by atoms with E-state index >= 15 is 0 Å². The number of allylic oxidation sites excluding steroid dienone is 1. The highest BCUT2D eigenvalue weighted by Gasteiger charge is 2.48. The van der Waals surface area contributed by atoms with Crippen molar-refractivity contribution in [3.05, 3.63) is 70.1 Å². The molecule has 2 atom stereocenters. The highest BCUT2D eigenvalue weighted by Crippen LogP contribution is 2.42. The van der Waals surface area contributed by atoms with Gasteiger partial charge in [-0.1, -0.05) is 19.9 Å². The van der Waals surface area contributed by atoms with Crippen molar-refractivity contribution in [1.29, 1.82) is 0 Å². The van der Waals surface area contributed by atoms with E-state index in [1.165, 1.54) is 0 Å². The molecule has 34 heavy (non-hydrogen) atoms. The first-order valence-corrected chi connectivity index (χ1v) is 13.5. The molecule has 1 aromatic carbocycles. The third kappa shape index (κ3) is 4.99. The highest BCUT2D eigenvalue weighted by atomic mass is 32.2. The van der Waals surface area contributed by atoms with Crippen LogP contribution in [-0.2, 0) is 14.5 Å². The van der Waals surface area contributed by atoms with Gasteiger partial charge in [-0.3, -0.25) is 4.98 Å². The van der Waals surface area contributed by atoms with Crippen LogP contribution in [0.4, 0.5) is 0 Å². The lowest BCUT2D eigenvalue weighted by Crippen LogP contribution is -2.42. The highest BCUT2D eigenvalue weighted by molar-refractivity contribution is 7.92. The molecule has 8 heteroatoms. The van der Waals surface area contributed by atoms with Crippen LogP contribution in [-0.4, -0.2) is 47.8 Å². The Labute approximate surface area is 202 Å². The third-order valence-corrected chi connectivity index (χ3v) is 8.84. The average Bonchev–Trinajstić information content (AvgIpc) is 3.06. The second kappa shape index (κ2) is 9.68. The molecule has 0 saturated carbocycles. The number of pyridine rings is 1. The molecular formula is C26H32BNO5S. The van der Waals surface area contributed by atoms with E-state index < -0.39 is 28.3 Å². The number of hydrogen-bond donors (Lipinski definition) is 2. The van der Waals surface area contributed by atoms with E-state index in [9.17, 15) is 18.5 Å². The van der Waals surface area contributed by atoms with Crippen molar-refractivity contribution >= 4 is 28.6 Å². The van der Waals surface area contributed by atoms with Crippen molar-refractivity contribution in [2.75, 3.05) is 5.75 Å². The Morgan fingerprint density at radius 3 is 2.59 bits per heavy atom. The third-order valence-electron chi connectivity index (χ3n) is 6.81. The Morgan fingerprint density at radius 1 is 1.26 bits per heavy atom. The first-order chi connectivity index (χ1) is 16.1. The molecule has 1 aromatic heterocycles. The van der Waals surface area contributed by atoms with Gasteiger partial charge in [-0.25, -0.2) is 8.42 Å². The Kier molecular flexibility index (Phi) is 7.03. The van der Waals surface area contributed by atoms with E-state index in [2.05, 4.69) is 11.1 Å². The van der Waals surface area contributed by atoms with Gasteiger partial charge in [0.1, 0.15) is 5.75 Å². The maximum atomic E-state index is 12.8. The molecule has 2 N–H and O–H groups in total. The summed E-state index contributed by atoms with van der Waals surface area (Å²) in [5.41, 5.74) is 6.15. The first kappa shape index (κ1) is 24.7. The molecule has 1 saturated heterocycles. The average molecular weight is 481 g/mol. The van der Waals surface area contributed by atoms with E-state index in [1.807, 2.05) is 58.0 Å². The smallest absolute Gasteiger partial charge is 0.456 e. The van der Waals surface area contributed by atoms with Crippen molar-refractivity contribution in [3.63, 3.8) is 0 Å².